The van der Waals surface area contributed by atoms with Crippen LogP contribution in [0.1, 0.15) is 52.0 Å². The van der Waals surface area contributed by atoms with Crippen LogP contribution in [-0.2, 0) is 6.42 Å². The Hall–Kier alpha value is -1.09. The number of rotatable bonds is 4. The van der Waals surface area contributed by atoms with Crippen LogP contribution in [0.4, 0.5) is 10.1 Å². The molecule has 2 nitrogen and oxygen atoms in total. The Morgan fingerprint density at radius 1 is 1.29 bits per heavy atom. The van der Waals surface area contributed by atoms with Gasteiger partial charge in [-0.05, 0) is 61.3 Å². The predicted molar refractivity (Wildman–Crippen MR) is 88.2 cm³/mol. The molecule has 1 saturated heterocycles. The summed E-state index contributed by atoms with van der Waals surface area (Å²) in [6, 6.07) is 5.28. The molecule has 1 heterocycles. The minimum atomic E-state index is -0.160. The highest BCUT2D eigenvalue weighted by atomic mass is 19.1. The van der Waals surface area contributed by atoms with Gasteiger partial charge in [0, 0.05) is 24.8 Å². The van der Waals surface area contributed by atoms with Gasteiger partial charge in [0.2, 0.25) is 0 Å². The molecule has 0 radical (unpaired) electrons. The average Bonchev–Trinajstić information content (AvgIpc) is 2.60. The highest BCUT2D eigenvalue weighted by molar-refractivity contribution is 5.54. The van der Waals surface area contributed by atoms with Gasteiger partial charge in [-0.2, -0.15) is 0 Å². The summed E-state index contributed by atoms with van der Waals surface area (Å²) in [6.45, 7) is 8.87. The summed E-state index contributed by atoms with van der Waals surface area (Å²) in [4.78, 5) is 2.42. The average molecular weight is 292 g/mol. The quantitative estimate of drug-likeness (QED) is 0.904. The number of halogens is 1. The molecule has 0 bridgehead atoms. The molecule has 3 heteroatoms. The second-order valence-corrected chi connectivity index (χ2v) is 7.15. The van der Waals surface area contributed by atoms with Crippen LogP contribution in [0.5, 0.6) is 0 Å². The van der Waals surface area contributed by atoms with Crippen LogP contribution < -0.4 is 10.6 Å². The van der Waals surface area contributed by atoms with Crippen molar-refractivity contribution in [3.05, 3.63) is 29.6 Å². The van der Waals surface area contributed by atoms with Crippen molar-refractivity contribution in [2.24, 2.45) is 11.1 Å². The standard InChI is InChI=1S/C18H29FN2/c1-4-16(20)13-14-12-15(19)6-7-17(14)21-10-5-8-18(2,3)9-11-21/h6-7,12,16H,4-5,8-11,13,20H2,1-3H3. The van der Waals surface area contributed by atoms with E-state index in [2.05, 4.69) is 25.7 Å². The number of hydrogen-bond acceptors (Lipinski definition) is 2. The molecule has 2 N–H and O–H groups in total. The fraction of sp³-hybridized carbons (Fsp3) is 0.667. The van der Waals surface area contributed by atoms with E-state index in [0.29, 0.717) is 5.41 Å². The van der Waals surface area contributed by atoms with E-state index in [4.69, 9.17) is 5.73 Å². The van der Waals surface area contributed by atoms with E-state index in [0.717, 1.165) is 31.5 Å². The number of nitrogens with zero attached hydrogens (tertiary/aromatic N) is 1. The first kappa shape index (κ1) is 16.3. The summed E-state index contributed by atoms with van der Waals surface area (Å²) in [5, 5.41) is 0. The van der Waals surface area contributed by atoms with Crippen molar-refractivity contribution in [3.63, 3.8) is 0 Å². The van der Waals surface area contributed by atoms with Crippen LogP contribution in [0.2, 0.25) is 0 Å². The largest absolute Gasteiger partial charge is 0.371 e. The Balaban J connectivity index is 2.21. The highest BCUT2D eigenvalue weighted by Gasteiger charge is 2.24. The third kappa shape index (κ3) is 4.44. The summed E-state index contributed by atoms with van der Waals surface area (Å²) in [5.41, 5.74) is 8.74. The van der Waals surface area contributed by atoms with Crippen molar-refractivity contribution in [1.29, 1.82) is 0 Å². The second-order valence-electron chi connectivity index (χ2n) is 7.15. The van der Waals surface area contributed by atoms with Gasteiger partial charge in [-0.15, -0.1) is 0 Å². The molecule has 0 spiro atoms. The first-order valence-electron chi connectivity index (χ1n) is 8.20. The van der Waals surface area contributed by atoms with E-state index in [1.807, 2.05) is 6.07 Å². The van der Waals surface area contributed by atoms with Crippen LogP contribution >= 0.6 is 0 Å². The molecule has 0 amide bonds. The van der Waals surface area contributed by atoms with Crippen LogP contribution in [-0.4, -0.2) is 19.1 Å². The Morgan fingerprint density at radius 2 is 2.05 bits per heavy atom. The van der Waals surface area contributed by atoms with Crippen molar-refractivity contribution in [2.45, 2.75) is 58.9 Å². The van der Waals surface area contributed by atoms with Gasteiger partial charge in [0.25, 0.3) is 0 Å². The van der Waals surface area contributed by atoms with Crippen molar-refractivity contribution in [2.75, 3.05) is 18.0 Å². The number of anilines is 1. The zero-order valence-corrected chi connectivity index (χ0v) is 13.7. The maximum Gasteiger partial charge on any atom is 0.123 e. The Morgan fingerprint density at radius 3 is 2.76 bits per heavy atom. The molecule has 0 aliphatic carbocycles. The molecule has 0 aromatic heterocycles. The third-order valence-corrected chi connectivity index (χ3v) is 4.73. The van der Waals surface area contributed by atoms with Gasteiger partial charge in [-0.1, -0.05) is 20.8 Å². The molecule has 1 aliphatic heterocycles. The van der Waals surface area contributed by atoms with Gasteiger partial charge in [-0.3, -0.25) is 0 Å². The monoisotopic (exact) mass is 292 g/mol. The van der Waals surface area contributed by atoms with Crippen molar-refractivity contribution in [3.8, 4) is 0 Å². The van der Waals surface area contributed by atoms with E-state index in [9.17, 15) is 4.39 Å². The number of hydrogen-bond donors (Lipinski definition) is 1. The van der Waals surface area contributed by atoms with Gasteiger partial charge in [0.05, 0.1) is 0 Å². The van der Waals surface area contributed by atoms with Crippen LogP contribution in [0.3, 0.4) is 0 Å². The van der Waals surface area contributed by atoms with E-state index in [1.165, 1.54) is 24.9 Å². The lowest BCUT2D eigenvalue weighted by molar-refractivity contribution is 0.325. The van der Waals surface area contributed by atoms with Gasteiger partial charge < -0.3 is 10.6 Å². The van der Waals surface area contributed by atoms with E-state index >= 15 is 0 Å². The lowest BCUT2D eigenvalue weighted by atomic mass is 9.85. The lowest BCUT2D eigenvalue weighted by Crippen LogP contribution is -2.28. The molecule has 118 valence electrons. The topological polar surface area (TPSA) is 29.3 Å². The van der Waals surface area contributed by atoms with Crippen molar-refractivity contribution < 1.29 is 4.39 Å². The van der Waals surface area contributed by atoms with Crippen LogP contribution in [0.15, 0.2) is 18.2 Å². The molecule has 21 heavy (non-hydrogen) atoms. The molecule has 0 saturated carbocycles. The van der Waals surface area contributed by atoms with Gasteiger partial charge in [0.1, 0.15) is 5.82 Å². The summed E-state index contributed by atoms with van der Waals surface area (Å²) >= 11 is 0. The molecule has 1 aromatic rings. The lowest BCUT2D eigenvalue weighted by Gasteiger charge is -2.27. The molecule has 1 aliphatic rings. The first-order valence-corrected chi connectivity index (χ1v) is 8.20. The Labute approximate surface area is 128 Å². The molecule has 1 atom stereocenters. The molecule has 1 fully saturated rings. The minimum absolute atomic E-state index is 0.106. The van der Waals surface area contributed by atoms with E-state index < -0.39 is 0 Å². The minimum Gasteiger partial charge on any atom is -0.371 e. The molecular formula is C18H29FN2. The summed E-state index contributed by atoms with van der Waals surface area (Å²) < 4.78 is 13.6. The number of benzene rings is 1. The SMILES string of the molecule is CCC(N)Cc1cc(F)ccc1N1CCCC(C)(C)CC1. The predicted octanol–water partition coefficient (Wildman–Crippen LogP) is 4.12. The van der Waals surface area contributed by atoms with Gasteiger partial charge >= 0.3 is 0 Å². The van der Waals surface area contributed by atoms with Gasteiger partial charge in [0.15, 0.2) is 0 Å². The maximum atomic E-state index is 13.6. The van der Waals surface area contributed by atoms with Crippen LogP contribution in [0, 0.1) is 11.2 Å². The highest BCUT2D eigenvalue weighted by Crippen LogP contribution is 2.33. The first-order chi connectivity index (χ1) is 9.91. The van der Waals surface area contributed by atoms with Crippen molar-refractivity contribution >= 4 is 5.69 Å². The summed E-state index contributed by atoms with van der Waals surface area (Å²) in [5.74, 6) is -0.160. The Bertz CT molecular complexity index is 470. The van der Waals surface area contributed by atoms with E-state index in [-0.39, 0.29) is 11.9 Å². The normalized spacial score (nSPS) is 20.1. The van der Waals surface area contributed by atoms with Crippen molar-refractivity contribution in [1.82, 2.24) is 0 Å². The fourth-order valence-corrected chi connectivity index (χ4v) is 3.12. The summed E-state index contributed by atoms with van der Waals surface area (Å²) in [6.07, 6.45) is 5.31. The zero-order chi connectivity index (χ0) is 15.5. The fourth-order valence-electron chi connectivity index (χ4n) is 3.12. The van der Waals surface area contributed by atoms with Gasteiger partial charge in [-0.25, -0.2) is 4.39 Å². The Kier molecular flexibility index (Phi) is 5.26. The molecular weight excluding hydrogens is 263 g/mol. The smallest absolute Gasteiger partial charge is 0.123 e. The maximum absolute atomic E-state index is 13.6. The zero-order valence-electron chi connectivity index (χ0n) is 13.7. The molecule has 2 rings (SSSR count). The second kappa shape index (κ2) is 6.78. The third-order valence-electron chi connectivity index (χ3n) is 4.73. The molecule has 1 unspecified atom stereocenters. The summed E-state index contributed by atoms with van der Waals surface area (Å²) in [7, 11) is 0. The van der Waals surface area contributed by atoms with E-state index in [1.54, 1.807) is 12.1 Å². The molecule has 1 aromatic carbocycles. The number of nitrogens with two attached hydrogens (primary N) is 1. The van der Waals surface area contributed by atoms with Crippen LogP contribution in [0.25, 0.3) is 0 Å².